The minimum Gasteiger partial charge on any atom is -0.466 e. The Morgan fingerprint density at radius 1 is 1.42 bits per heavy atom. The molecule has 1 heterocycles. The molecule has 7 heteroatoms. The summed E-state index contributed by atoms with van der Waals surface area (Å²) in [5.41, 5.74) is 6.68. The summed E-state index contributed by atoms with van der Waals surface area (Å²) in [4.78, 5) is 26.5. The lowest BCUT2D eigenvalue weighted by molar-refractivity contribution is -0.143. The van der Waals surface area contributed by atoms with Crippen LogP contribution in [0.2, 0.25) is 0 Å². The number of nitrogens with two attached hydrogens (primary N) is 1. The predicted octanol–water partition coefficient (Wildman–Crippen LogP) is 0.697. The van der Waals surface area contributed by atoms with E-state index in [4.69, 9.17) is 10.5 Å². The van der Waals surface area contributed by atoms with Crippen LogP contribution in [-0.4, -0.2) is 30.0 Å². The molecular weight excluding hydrogens is 270 g/mol. The van der Waals surface area contributed by atoms with Crippen molar-refractivity contribution in [2.24, 2.45) is 0 Å². The van der Waals surface area contributed by atoms with Crippen molar-refractivity contribution in [1.82, 2.24) is 10.3 Å². The second-order valence-corrected chi connectivity index (χ2v) is 3.66. The van der Waals surface area contributed by atoms with Gasteiger partial charge in [0.05, 0.1) is 31.3 Å². The molecule has 3 N–H and O–H groups in total. The van der Waals surface area contributed by atoms with E-state index in [1.165, 1.54) is 6.20 Å². The smallest absolute Gasteiger partial charge is 0.307 e. The maximum Gasteiger partial charge on any atom is 0.307 e. The first-order valence-electron chi connectivity index (χ1n) is 5.74. The van der Waals surface area contributed by atoms with Crippen LogP contribution >= 0.6 is 12.4 Å². The first-order chi connectivity index (χ1) is 8.61. The summed E-state index contributed by atoms with van der Waals surface area (Å²) in [7, 11) is 0. The number of nitrogens with one attached hydrogen (secondary N) is 1. The SMILES string of the molecule is CCOC(=O)CCNC(=O)Cc1ccc(N)cn1.Cl. The normalized spacial score (nSPS) is 9.32. The highest BCUT2D eigenvalue weighted by atomic mass is 35.5. The summed E-state index contributed by atoms with van der Waals surface area (Å²) in [5.74, 6) is -0.500. The highest BCUT2D eigenvalue weighted by molar-refractivity contribution is 5.85. The van der Waals surface area contributed by atoms with Gasteiger partial charge in [-0.15, -0.1) is 12.4 Å². The maximum atomic E-state index is 11.5. The third-order valence-corrected chi connectivity index (χ3v) is 2.15. The van der Waals surface area contributed by atoms with Crippen LogP contribution in [0.5, 0.6) is 0 Å². The van der Waals surface area contributed by atoms with E-state index < -0.39 is 0 Å². The third kappa shape index (κ3) is 7.25. The summed E-state index contributed by atoms with van der Waals surface area (Å²) in [6.07, 6.45) is 1.85. The summed E-state index contributed by atoms with van der Waals surface area (Å²) < 4.78 is 4.74. The molecular formula is C12H18ClN3O3. The van der Waals surface area contributed by atoms with E-state index in [-0.39, 0.29) is 43.7 Å². The zero-order valence-electron chi connectivity index (χ0n) is 10.7. The monoisotopic (exact) mass is 287 g/mol. The number of rotatable bonds is 6. The van der Waals surface area contributed by atoms with Crippen molar-refractivity contribution >= 4 is 30.0 Å². The quantitative estimate of drug-likeness (QED) is 0.751. The molecule has 0 fully saturated rings. The van der Waals surface area contributed by atoms with E-state index in [9.17, 15) is 9.59 Å². The van der Waals surface area contributed by atoms with Crippen LogP contribution in [0.3, 0.4) is 0 Å². The lowest BCUT2D eigenvalue weighted by atomic mass is 10.2. The minimum absolute atomic E-state index is 0. The highest BCUT2D eigenvalue weighted by Crippen LogP contribution is 2.01. The molecule has 1 aromatic heterocycles. The van der Waals surface area contributed by atoms with Gasteiger partial charge >= 0.3 is 5.97 Å². The average molecular weight is 288 g/mol. The number of carbonyl (C=O) groups excluding carboxylic acids is 2. The Labute approximate surface area is 118 Å². The van der Waals surface area contributed by atoms with Crippen molar-refractivity contribution in [1.29, 1.82) is 0 Å². The maximum absolute atomic E-state index is 11.5. The minimum atomic E-state index is -0.316. The lowest BCUT2D eigenvalue weighted by Crippen LogP contribution is -2.28. The van der Waals surface area contributed by atoms with Gasteiger partial charge in [0, 0.05) is 12.2 Å². The molecule has 1 rings (SSSR count). The van der Waals surface area contributed by atoms with Gasteiger partial charge in [0.2, 0.25) is 5.91 Å². The van der Waals surface area contributed by atoms with Gasteiger partial charge in [-0.1, -0.05) is 0 Å². The van der Waals surface area contributed by atoms with Gasteiger partial charge in [0.15, 0.2) is 0 Å². The molecule has 0 bridgehead atoms. The Morgan fingerprint density at radius 2 is 2.16 bits per heavy atom. The van der Waals surface area contributed by atoms with E-state index in [1.807, 2.05) is 0 Å². The Balaban J connectivity index is 0.00000324. The molecule has 6 nitrogen and oxygen atoms in total. The van der Waals surface area contributed by atoms with E-state index in [1.54, 1.807) is 19.1 Å². The second kappa shape index (κ2) is 9.16. The number of pyridine rings is 1. The van der Waals surface area contributed by atoms with Gasteiger partial charge in [0.1, 0.15) is 0 Å². The largest absolute Gasteiger partial charge is 0.466 e. The summed E-state index contributed by atoms with van der Waals surface area (Å²) in [6.45, 7) is 2.36. The van der Waals surface area contributed by atoms with Crippen molar-refractivity contribution in [2.75, 3.05) is 18.9 Å². The molecule has 0 spiro atoms. The molecule has 0 aliphatic carbocycles. The van der Waals surface area contributed by atoms with Crippen molar-refractivity contribution < 1.29 is 14.3 Å². The van der Waals surface area contributed by atoms with Crippen LogP contribution < -0.4 is 11.1 Å². The number of ether oxygens (including phenoxy) is 1. The van der Waals surface area contributed by atoms with E-state index in [0.717, 1.165) is 0 Å². The van der Waals surface area contributed by atoms with Gasteiger partial charge in [-0.25, -0.2) is 0 Å². The Morgan fingerprint density at radius 3 is 2.74 bits per heavy atom. The van der Waals surface area contributed by atoms with Crippen molar-refractivity contribution in [3.63, 3.8) is 0 Å². The van der Waals surface area contributed by atoms with Crippen molar-refractivity contribution in [2.45, 2.75) is 19.8 Å². The summed E-state index contributed by atoms with van der Waals surface area (Å²) in [6, 6.07) is 3.38. The molecule has 19 heavy (non-hydrogen) atoms. The zero-order chi connectivity index (χ0) is 13.4. The number of hydrogen-bond donors (Lipinski definition) is 2. The molecule has 0 unspecified atom stereocenters. The first kappa shape index (κ1) is 17.2. The fourth-order valence-electron chi connectivity index (χ4n) is 1.30. The Kier molecular flexibility index (Phi) is 8.28. The van der Waals surface area contributed by atoms with Crippen LogP contribution in [0.4, 0.5) is 5.69 Å². The summed E-state index contributed by atoms with van der Waals surface area (Å²) >= 11 is 0. The van der Waals surface area contributed by atoms with E-state index in [2.05, 4.69) is 10.3 Å². The molecule has 0 aliphatic rings. The molecule has 0 atom stereocenters. The number of anilines is 1. The Hall–Kier alpha value is -1.82. The number of amides is 1. The second-order valence-electron chi connectivity index (χ2n) is 3.66. The molecule has 0 saturated carbocycles. The van der Waals surface area contributed by atoms with Gasteiger partial charge in [0.25, 0.3) is 0 Å². The van der Waals surface area contributed by atoms with Crippen molar-refractivity contribution in [3.05, 3.63) is 24.0 Å². The number of nitrogens with zero attached hydrogens (tertiary/aromatic N) is 1. The average Bonchev–Trinajstić information content (AvgIpc) is 2.32. The molecule has 106 valence electrons. The molecule has 0 aliphatic heterocycles. The number of aromatic nitrogens is 1. The molecule has 1 aromatic rings. The Bertz CT molecular complexity index is 409. The summed E-state index contributed by atoms with van der Waals surface area (Å²) in [5, 5.41) is 2.62. The highest BCUT2D eigenvalue weighted by Gasteiger charge is 2.06. The van der Waals surface area contributed by atoms with Crippen LogP contribution in [0.1, 0.15) is 19.0 Å². The molecule has 0 saturated heterocycles. The van der Waals surface area contributed by atoms with Crippen LogP contribution in [0.15, 0.2) is 18.3 Å². The van der Waals surface area contributed by atoms with Gasteiger partial charge in [-0.2, -0.15) is 0 Å². The standard InChI is InChI=1S/C12H17N3O3.ClH/c1-2-18-12(17)5-6-14-11(16)7-10-4-3-9(13)8-15-10;/h3-4,8H,2,5-7,13H2,1H3,(H,14,16);1H. The fourth-order valence-corrected chi connectivity index (χ4v) is 1.30. The van der Waals surface area contributed by atoms with E-state index >= 15 is 0 Å². The third-order valence-electron chi connectivity index (χ3n) is 2.15. The predicted molar refractivity (Wildman–Crippen MR) is 73.9 cm³/mol. The van der Waals surface area contributed by atoms with Gasteiger partial charge in [-0.05, 0) is 19.1 Å². The van der Waals surface area contributed by atoms with Gasteiger partial charge < -0.3 is 15.8 Å². The number of nitrogen functional groups attached to an aromatic ring is 1. The number of hydrogen-bond acceptors (Lipinski definition) is 5. The molecule has 1 amide bonds. The van der Waals surface area contributed by atoms with E-state index in [0.29, 0.717) is 18.0 Å². The zero-order valence-corrected chi connectivity index (χ0v) is 11.5. The first-order valence-corrected chi connectivity index (χ1v) is 5.74. The van der Waals surface area contributed by atoms with Crippen molar-refractivity contribution in [3.8, 4) is 0 Å². The topological polar surface area (TPSA) is 94.3 Å². The van der Waals surface area contributed by atoms with Crippen LogP contribution in [0, 0.1) is 0 Å². The number of esters is 1. The van der Waals surface area contributed by atoms with Crippen LogP contribution in [-0.2, 0) is 20.7 Å². The fraction of sp³-hybridized carbons (Fsp3) is 0.417. The number of halogens is 1. The lowest BCUT2D eigenvalue weighted by Gasteiger charge is -2.05. The van der Waals surface area contributed by atoms with Gasteiger partial charge in [-0.3, -0.25) is 14.6 Å². The molecule has 0 aromatic carbocycles. The molecule has 0 radical (unpaired) electrons. The van der Waals surface area contributed by atoms with Crippen LogP contribution in [0.25, 0.3) is 0 Å². The number of carbonyl (C=O) groups is 2.